The van der Waals surface area contributed by atoms with Crippen molar-refractivity contribution >= 4 is 0 Å². The second kappa shape index (κ2) is 2.99. The van der Waals surface area contributed by atoms with Gasteiger partial charge in [0.15, 0.2) is 0 Å². The summed E-state index contributed by atoms with van der Waals surface area (Å²) in [4.78, 5) is 0. The average molecular weight is 171 g/mol. The van der Waals surface area contributed by atoms with Crippen molar-refractivity contribution < 1.29 is 4.39 Å². The largest absolute Gasteiger partial charge is 0.325 e. The fraction of sp³-hybridized carbons (Fsp3) is 1.00. The third-order valence-corrected chi connectivity index (χ3v) is 3.31. The highest BCUT2D eigenvalue weighted by Crippen LogP contribution is 2.42. The molecule has 0 amide bonds. The van der Waals surface area contributed by atoms with Crippen molar-refractivity contribution in [1.82, 2.24) is 0 Å². The first-order valence-corrected chi connectivity index (χ1v) is 5.11. The van der Waals surface area contributed by atoms with Gasteiger partial charge in [-0.1, -0.05) is 12.8 Å². The van der Waals surface area contributed by atoms with E-state index in [0.29, 0.717) is 5.92 Å². The van der Waals surface area contributed by atoms with Crippen LogP contribution in [0.5, 0.6) is 0 Å². The zero-order valence-corrected chi connectivity index (χ0v) is 7.56. The highest BCUT2D eigenvalue weighted by atomic mass is 19.1. The lowest BCUT2D eigenvalue weighted by Gasteiger charge is -2.26. The standard InChI is InChI=1S/C10H18FN/c11-9-3-1-2-8(6-9)7-10(12)4-5-10/h8-9H,1-7,12H2. The summed E-state index contributed by atoms with van der Waals surface area (Å²) in [6, 6.07) is 0. The Labute approximate surface area is 73.5 Å². The number of hydrogen-bond acceptors (Lipinski definition) is 1. The predicted molar refractivity (Wildman–Crippen MR) is 47.6 cm³/mol. The summed E-state index contributed by atoms with van der Waals surface area (Å²) in [6.07, 6.45) is 6.72. The van der Waals surface area contributed by atoms with Crippen LogP contribution >= 0.6 is 0 Å². The topological polar surface area (TPSA) is 26.0 Å². The molecular weight excluding hydrogens is 153 g/mol. The van der Waals surface area contributed by atoms with Gasteiger partial charge in [-0.25, -0.2) is 4.39 Å². The van der Waals surface area contributed by atoms with E-state index in [0.717, 1.165) is 25.7 Å². The van der Waals surface area contributed by atoms with Crippen LogP contribution in [0.2, 0.25) is 0 Å². The van der Waals surface area contributed by atoms with Crippen molar-refractivity contribution in [2.75, 3.05) is 0 Å². The monoisotopic (exact) mass is 171 g/mol. The smallest absolute Gasteiger partial charge is 0.100 e. The molecule has 0 spiro atoms. The highest BCUT2D eigenvalue weighted by molar-refractivity contribution is 5.00. The Morgan fingerprint density at radius 2 is 2.08 bits per heavy atom. The van der Waals surface area contributed by atoms with Crippen LogP contribution in [0.1, 0.15) is 44.9 Å². The van der Waals surface area contributed by atoms with Gasteiger partial charge in [0.25, 0.3) is 0 Å². The van der Waals surface area contributed by atoms with E-state index in [1.54, 1.807) is 0 Å². The molecule has 0 aromatic carbocycles. The molecule has 12 heavy (non-hydrogen) atoms. The number of alkyl halides is 1. The fourth-order valence-corrected chi connectivity index (χ4v) is 2.35. The molecule has 2 saturated carbocycles. The van der Waals surface area contributed by atoms with Crippen LogP contribution in [0, 0.1) is 5.92 Å². The SMILES string of the molecule is NC1(CC2CCCC(F)C2)CC1. The van der Waals surface area contributed by atoms with Crippen LogP contribution in [-0.4, -0.2) is 11.7 Å². The maximum absolute atomic E-state index is 13.0. The molecule has 0 heterocycles. The molecule has 0 aliphatic heterocycles. The zero-order valence-electron chi connectivity index (χ0n) is 7.56. The Bertz CT molecular complexity index is 165. The molecule has 0 saturated heterocycles. The summed E-state index contributed by atoms with van der Waals surface area (Å²) in [5.74, 6) is 0.584. The van der Waals surface area contributed by atoms with Crippen LogP contribution in [0.4, 0.5) is 4.39 Å². The summed E-state index contributed by atoms with van der Waals surface area (Å²) in [7, 11) is 0. The maximum Gasteiger partial charge on any atom is 0.100 e. The molecule has 2 unspecified atom stereocenters. The summed E-state index contributed by atoms with van der Waals surface area (Å²) < 4.78 is 13.0. The van der Waals surface area contributed by atoms with E-state index in [4.69, 9.17) is 5.73 Å². The molecular formula is C10H18FN. The Morgan fingerprint density at radius 3 is 2.67 bits per heavy atom. The molecule has 70 valence electrons. The van der Waals surface area contributed by atoms with Gasteiger partial charge in [0, 0.05) is 5.54 Å². The van der Waals surface area contributed by atoms with E-state index in [1.165, 1.54) is 19.3 Å². The van der Waals surface area contributed by atoms with Crippen LogP contribution in [0.3, 0.4) is 0 Å². The van der Waals surface area contributed by atoms with E-state index in [9.17, 15) is 4.39 Å². The van der Waals surface area contributed by atoms with Gasteiger partial charge in [-0.3, -0.25) is 0 Å². The highest BCUT2D eigenvalue weighted by Gasteiger charge is 2.40. The summed E-state index contributed by atoms with van der Waals surface area (Å²) >= 11 is 0. The first-order chi connectivity index (χ1) is 5.68. The van der Waals surface area contributed by atoms with Crippen molar-refractivity contribution in [3.8, 4) is 0 Å². The molecule has 0 aromatic rings. The van der Waals surface area contributed by atoms with E-state index < -0.39 is 6.17 Å². The Balaban J connectivity index is 1.79. The van der Waals surface area contributed by atoms with Crippen molar-refractivity contribution in [1.29, 1.82) is 0 Å². The Morgan fingerprint density at radius 1 is 1.33 bits per heavy atom. The van der Waals surface area contributed by atoms with E-state index in [2.05, 4.69) is 0 Å². The molecule has 2 atom stereocenters. The fourth-order valence-electron chi connectivity index (χ4n) is 2.35. The van der Waals surface area contributed by atoms with Gasteiger partial charge in [-0.05, 0) is 38.0 Å². The van der Waals surface area contributed by atoms with Crippen molar-refractivity contribution in [2.45, 2.75) is 56.7 Å². The van der Waals surface area contributed by atoms with E-state index >= 15 is 0 Å². The Kier molecular flexibility index (Phi) is 2.11. The quantitative estimate of drug-likeness (QED) is 0.678. The van der Waals surface area contributed by atoms with Crippen molar-refractivity contribution in [3.63, 3.8) is 0 Å². The minimum absolute atomic E-state index is 0.127. The molecule has 2 aliphatic rings. The Hall–Kier alpha value is -0.110. The van der Waals surface area contributed by atoms with Crippen molar-refractivity contribution in [2.24, 2.45) is 11.7 Å². The first kappa shape index (κ1) is 8.49. The van der Waals surface area contributed by atoms with Crippen LogP contribution in [0.15, 0.2) is 0 Å². The van der Waals surface area contributed by atoms with Crippen LogP contribution in [-0.2, 0) is 0 Å². The minimum Gasteiger partial charge on any atom is -0.325 e. The number of hydrogen-bond donors (Lipinski definition) is 1. The second-order valence-corrected chi connectivity index (χ2v) is 4.70. The average Bonchev–Trinajstić information content (AvgIpc) is 2.67. The van der Waals surface area contributed by atoms with E-state index in [1.807, 2.05) is 0 Å². The lowest BCUT2D eigenvalue weighted by molar-refractivity contribution is 0.184. The molecule has 2 rings (SSSR count). The summed E-state index contributed by atoms with van der Waals surface area (Å²) in [5, 5.41) is 0. The van der Waals surface area contributed by atoms with Gasteiger partial charge in [-0.2, -0.15) is 0 Å². The van der Waals surface area contributed by atoms with Gasteiger partial charge in [-0.15, -0.1) is 0 Å². The third-order valence-electron chi connectivity index (χ3n) is 3.31. The van der Waals surface area contributed by atoms with Crippen molar-refractivity contribution in [3.05, 3.63) is 0 Å². The normalized spacial score (nSPS) is 39.5. The molecule has 0 bridgehead atoms. The van der Waals surface area contributed by atoms with Gasteiger partial charge >= 0.3 is 0 Å². The lowest BCUT2D eigenvalue weighted by Crippen LogP contribution is -2.28. The zero-order chi connectivity index (χ0) is 8.60. The van der Waals surface area contributed by atoms with Gasteiger partial charge in [0.1, 0.15) is 6.17 Å². The number of halogens is 1. The van der Waals surface area contributed by atoms with Gasteiger partial charge in [0.05, 0.1) is 0 Å². The molecule has 2 N–H and O–H groups in total. The van der Waals surface area contributed by atoms with Gasteiger partial charge < -0.3 is 5.73 Å². The molecule has 2 aliphatic carbocycles. The number of nitrogens with two attached hydrogens (primary N) is 1. The summed E-state index contributed by atoms with van der Waals surface area (Å²) in [5.41, 5.74) is 6.13. The first-order valence-electron chi connectivity index (χ1n) is 5.11. The molecule has 2 fully saturated rings. The van der Waals surface area contributed by atoms with Crippen LogP contribution < -0.4 is 5.73 Å². The van der Waals surface area contributed by atoms with Crippen LogP contribution in [0.25, 0.3) is 0 Å². The minimum atomic E-state index is -0.536. The lowest BCUT2D eigenvalue weighted by atomic mass is 9.83. The summed E-state index contributed by atoms with van der Waals surface area (Å²) in [6.45, 7) is 0. The molecule has 0 radical (unpaired) electrons. The maximum atomic E-state index is 13.0. The third kappa shape index (κ3) is 1.98. The molecule has 1 nitrogen and oxygen atoms in total. The predicted octanol–water partition coefficient (Wildman–Crippen LogP) is 2.40. The van der Waals surface area contributed by atoms with E-state index in [-0.39, 0.29) is 5.54 Å². The van der Waals surface area contributed by atoms with Gasteiger partial charge in [0.2, 0.25) is 0 Å². The molecule has 0 aromatic heterocycles. The number of rotatable bonds is 2. The second-order valence-electron chi connectivity index (χ2n) is 4.70. The molecule has 2 heteroatoms.